The van der Waals surface area contributed by atoms with E-state index in [0.717, 1.165) is 6.07 Å². The van der Waals surface area contributed by atoms with Crippen molar-refractivity contribution in [2.75, 3.05) is 11.9 Å². The lowest BCUT2D eigenvalue weighted by Gasteiger charge is -2.08. The molecule has 0 radical (unpaired) electrons. The van der Waals surface area contributed by atoms with Crippen molar-refractivity contribution in [1.29, 1.82) is 0 Å². The molecule has 0 aliphatic carbocycles. The largest absolute Gasteiger partial charge is 0.460 e. The molecule has 10 heteroatoms. The minimum absolute atomic E-state index is 0.139. The normalized spacial score (nSPS) is 10.8. The van der Waals surface area contributed by atoms with E-state index in [2.05, 4.69) is 15.7 Å². The predicted octanol–water partition coefficient (Wildman–Crippen LogP) is 4.23. The first kappa shape index (κ1) is 21.9. The average molecular weight is 454 g/mol. The van der Waals surface area contributed by atoms with E-state index in [4.69, 9.17) is 4.42 Å². The predicted molar refractivity (Wildman–Crippen MR) is 113 cm³/mol. The number of benzene rings is 2. The van der Waals surface area contributed by atoms with Crippen molar-refractivity contribution in [1.82, 2.24) is 15.1 Å². The Morgan fingerprint density at radius 3 is 2.45 bits per heavy atom. The molecule has 2 aromatic heterocycles. The molecule has 168 valence electrons. The molecule has 0 bridgehead atoms. The topological polar surface area (TPSA) is 89.2 Å². The van der Waals surface area contributed by atoms with Crippen LogP contribution in [-0.2, 0) is 4.79 Å². The van der Waals surface area contributed by atoms with Crippen molar-refractivity contribution in [3.8, 4) is 17.1 Å². The molecule has 2 aromatic carbocycles. The van der Waals surface area contributed by atoms with E-state index in [0.29, 0.717) is 23.3 Å². The van der Waals surface area contributed by atoms with Gasteiger partial charge in [-0.2, -0.15) is 5.10 Å². The summed E-state index contributed by atoms with van der Waals surface area (Å²) in [6.45, 7) is 1.20. The molecule has 2 N–H and O–H groups in total. The third kappa shape index (κ3) is 4.64. The lowest BCUT2D eigenvalue weighted by molar-refractivity contribution is -0.115. The number of amides is 2. The molecule has 2 amide bonds. The van der Waals surface area contributed by atoms with Crippen LogP contribution in [0.5, 0.6) is 0 Å². The Morgan fingerprint density at radius 2 is 1.76 bits per heavy atom. The van der Waals surface area contributed by atoms with E-state index in [-0.39, 0.29) is 11.3 Å². The molecule has 0 aliphatic rings. The molecule has 4 aromatic rings. The lowest BCUT2D eigenvalue weighted by Crippen LogP contribution is -2.33. The number of furan rings is 1. The summed E-state index contributed by atoms with van der Waals surface area (Å²) in [7, 11) is 0. The van der Waals surface area contributed by atoms with Gasteiger partial charge in [-0.1, -0.05) is 18.2 Å². The second-order valence-electron chi connectivity index (χ2n) is 7.04. The molecular formula is C23H17F3N4O3. The molecule has 0 fully saturated rings. The van der Waals surface area contributed by atoms with E-state index in [1.165, 1.54) is 10.9 Å². The molecule has 0 spiro atoms. The van der Waals surface area contributed by atoms with Gasteiger partial charge in [0.2, 0.25) is 5.91 Å². The summed E-state index contributed by atoms with van der Waals surface area (Å²) in [6.07, 6.45) is 1.49. The first-order valence-corrected chi connectivity index (χ1v) is 9.77. The fourth-order valence-electron chi connectivity index (χ4n) is 3.07. The fraction of sp³-hybridized carbons (Fsp3) is 0.0870. The number of halogens is 3. The van der Waals surface area contributed by atoms with Crippen LogP contribution in [-0.4, -0.2) is 28.1 Å². The van der Waals surface area contributed by atoms with Crippen LogP contribution in [0.15, 0.2) is 65.2 Å². The highest BCUT2D eigenvalue weighted by molar-refractivity contribution is 6.02. The molecule has 4 rings (SSSR count). The molecule has 0 saturated carbocycles. The van der Waals surface area contributed by atoms with Crippen LogP contribution in [0.3, 0.4) is 0 Å². The van der Waals surface area contributed by atoms with Crippen molar-refractivity contribution < 1.29 is 27.2 Å². The summed E-state index contributed by atoms with van der Waals surface area (Å²) in [5, 5.41) is 8.95. The third-order valence-corrected chi connectivity index (χ3v) is 4.67. The van der Waals surface area contributed by atoms with Crippen molar-refractivity contribution in [2.24, 2.45) is 0 Å². The summed E-state index contributed by atoms with van der Waals surface area (Å²) in [5.41, 5.74) is 0.556. The lowest BCUT2D eigenvalue weighted by atomic mass is 10.2. The molecule has 33 heavy (non-hydrogen) atoms. The van der Waals surface area contributed by atoms with E-state index in [1.54, 1.807) is 31.2 Å². The van der Waals surface area contributed by atoms with E-state index >= 15 is 0 Å². The maximum Gasteiger partial charge on any atom is 0.255 e. The highest BCUT2D eigenvalue weighted by Gasteiger charge is 2.22. The van der Waals surface area contributed by atoms with Crippen LogP contribution in [0.25, 0.3) is 17.1 Å². The molecule has 2 heterocycles. The number of anilines is 1. The second kappa shape index (κ2) is 9.03. The fourth-order valence-corrected chi connectivity index (χ4v) is 3.07. The van der Waals surface area contributed by atoms with Gasteiger partial charge in [-0.3, -0.25) is 9.59 Å². The van der Waals surface area contributed by atoms with Crippen LogP contribution < -0.4 is 10.6 Å². The molecule has 0 aliphatic heterocycles. The van der Waals surface area contributed by atoms with Gasteiger partial charge in [0.1, 0.15) is 11.5 Å². The van der Waals surface area contributed by atoms with E-state index < -0.39 is 41.5 Å². The summed E-state index contributed by atoms with van der Waals surface area (Å²) in [5.74, 6) is -5.10. The Balaban J connectivity index is 1.53. The van der Waals surface area contributed by atoms with Gasteiger partial charge < -0.3 is 15.1 Å². The molecule has 0 atom stereocenters. The van der Waals surface area contributed by atoms with Gasteiger partial charge in [-0.25, -0.2) is 17.9 Å². The number of aryl methyl sites for hydroxylation is 1. The van der Waals surface area contributed by atoms with Gasteiger partial charge in [0, 0.05) is 6.20 Å². The Bertz CT molecular complexity index is 1330. The van der Waals surface area contributed by atoms with Crippen molar-refractivity contribution in [3.63, 3.8) is 0 Å². The quantitative estimate of drug-likeness (QED) is 0.427. The molecule has 7 nitrogen and oxygen atoms in total. The first-order valence-electron chi connectivity index (χ1n) is 9.77. The van der Waals surface area contributed by atoms with Crippen molar-refractivity contribution in [2.45, 2.75) is 6.92 Å². The summed E-state index contributed by atoms with van der Waals surface area (Å²) >= 11 is 0. The second-order valence-corrected chi connectivity index (χ2v) is 7.04. The number of para-hydroxylation sites is 1. The van der Waals surface area contributed by atoms with Gasteiger partial charge in [0.15, 0.2) is 23.2 Å². The number of hydrogen-bond acceptors (Lipinski definition) is 4. The molecule has 0 saturated heterocycles. The van der Waals surface area contributed by atoms with E-state index in [9.17, 15) is 22.8 Å². The monoisotopic (exact) mass is 454 g/mol. The number of hydrogen-bond donors (Lipinski definition) is 2. The standard InChI is InChI=1S/C23H17F3N4O3/c1-13-7-10-18(33-13)22-15(12-30(29-22)14-5-3-2-4-6-14)23(32)27-11-19(31)28-17-9-8-16(24)20(25)21(17)26/h2-10,12H,11H2,1H3,(H,27,32)(H,28,31). The number of aromatic nitrogens is 2. The zero-order valence-corrected chi connectivity index (χ0v) is 17.2. The number of nitrogens with one attached hydrogen (secondary N) is 2. The Kier molecular flexibility index (Phi) is 5.99. The van der Waals surface area contributed by atoms with Gasteiger partial charge in [0.25, 0.3) is 5.91 Å². The Morgan fingerprint density at radius 1 is 1.00 bits per heavy atom. The minimum atomic E-state index is -1.71. The number of nitrogens with zero attached hydrogens (tertiary/aromatic N) is 2. The summed E-state index contributed by atoms with van der Waals surface area (Å²) in [6, 6.07) is 14.0. The number of rotatable bonds is 6. The number of carbonyl (C=O) groups excluding carboxylic acids is 2. The van der Waals surface area contributed by atoms with Crippen LogP contribution in [0, 0.1) is 24.4 Å². The minimum Gasteiger partial charge on any atom is -0.460 e. The van der Waals surface area contributed by atoms with Crippen LogP contribution in [0.4, 0.5) is 18.9 Å². The van der Waals surface area contributed by atoms with Gasteiger partial charge in [-0.05, 0) is 43.3 Å². The smallest absolute Gasteiger partial charge is 0.255 e. The van der Waals surface area contributed by atoms with Gasteiger partial charge >= 0.3 is 0 Å². The zero-order valence-electron chi connectivity index (χ0n) is 17.2. The Hall–Kier alpha value is -4.34. The van der Waals surface area contributed by atoms with Crippen LogP contribution >= 0.6 is 0 Å². The maximum atomic E-state index is 13.8. The number of carbonyl (C=O) groups is 2. The maximum absolute atomic E-state index is 13.8. The van der Waals surface area contributed by atoms with Crippen LogP contribution in [0.1, 0.15) is 16.1 Å². The van der Waals surface area contributed by atoms with Crippen LogP contribution in [0.2, 0.25) is 0 Å². The molecular weight excluding hydrogens is 437 g/mol. The summed E-state index contributed by atoms with van der Waals surface area (Å²) in [4.78, 5) is 25.0. The SMILES string of the molecule is Cc1ccc(-c2nn(-c3ccccc3)cc2C(=O)NCC(=O)Nc2ccc(F)c(F)c2F)o1. The van der Waals surface area contributed by atoms with Gasteiger partial charge in [0.05, 0.1) is 23.5 Å². The van der Waals surface area contributed by atoms with Gasteiger partial charge in [-0.15, -0.1) is 0 Å². The Labute approximate surface area is 185 Å². The highest BCUT2D eigenvalue weighted by Crippen LogP contribution is 2.26. The van der Waals surface area contributed by atoms with Crippen molar-refractivity contribution >= 4 is 17.5 Å². The summed E-state index contributed by atoms with van der Waals surface area (Å²) < 4.78 is 47.2. The highest BCUT2D eigenvalue weighted by atomic mass is 19.2. The average Bonchev–Trinajstić information content (AvgIpc) is 3.45. The van der Waals surface area contributed by atoms with E-state index in [1.807, 2.05) is 18.2 Å². The third-order valence-electron chi connectivity index (χ3n) is 4.67. The zero-order chi connectivity index (χ0) is 23.5. The first-order chi connectivity index (χ1) is 15.8. The molecule has 0 unspecified atom stereocenters. The van der Waals surface area contributed by atoms with Crippen molar-refractivity contribution in [3.05, 3.63) is 89.6 Å².